The van der Waals surface area contributed by atoms with Crippen molar-refractivity contribution in [1.82, 2.24) is 4.98 Å². The molecule has 2 heterocycles. The van der Waals surface area contributed by atoms with Crippen molar-refractivity contribution < 1.29 is 19.4 Å². The van der Waals surface area contributed by atoms with Gasteiger partial charge in [0.25, 0.3) is 0 Å². The quantitative estimate of drug-likeness (QED) is 0.244. The van der Waals surface area contributed by atoms with E-state index in [1.165, 1.54) is 0 Å². The highest BCUT2D eigenvalue weighted by atomic mass is 16.5. The van der Waals surface area contributed by atoms with Gasteiger partial charge in [-0.2, -0.15) is 4.98 Å². The van der Waals surface area contributed by atoms with E-state index in [2.05, 4.69) is 16.0 Å². The average molecular weight is 553 g/mol. The zero-order chi connectivity index (χ0) is 28.6. The summed E-state index contributed by atoms with van der Waals surface area (Å²) in [6, 6.07) is 29.3. The number of nitrogens with zero attached hydrogens (tertiary/aromatic N) is 4. The van der Waals surface area contributed by atoms with Gasteiger partial charge in [0.1, 0.15) is 18.9 Å². The molecule has 0 aliphatic carbocycles. The Kier molecular flexibility index (Phi) is 9.01. The summed E-state index contributed by atoms with van der Waals surface area (Å²) in [5.41, 5.74) is 5.16. The van der Waals surface area contributed by atoms with Crippen LogP contribution in [0.4, 0.5) is 22.7 Å². The molecule has 8 heteroatoms. The van der Waals surface area contributed by atoms with Crippen LogP contribution in [0.15, 0.2) is 91.0 Å². The van der Waals surface area contributed by atoms with Crippen LogP contribution < -0.4 is 24.2 Å². The minimum absolute atomic E-state index is 0.245. The normalized spacial score (nSPS) is 13.5. The van der Waals surface area contributed by atoms with E-state index >= 15 is 0 Å². The summed E-state index contributed by atoms with van der Waals surface area (Å²) in [6.07, 6.45) is 2.03. The second-order valence-electron chi connectivity index (χ2n) is 10.3. The molecule has 0 bridgehead atoms. The number of piperidine rings is 1. The van der Waals surface area contributed by atoms with Crippen LogP contribution in [0.5, 0.6) is 11.8 Å². The zero-order valence-corrected chi connectivity index (χ0v) is 23.5. The maximum absolute atomic E-state index is 12.7. The number of carbonyl (C=O) groups excluding carboxylic acids is 1. The molecular formula is C33H36N4O4. The van der Waals surface area contributed by atoms with Gasteiger partial charge in [0, 0.05) is 38.9 Å². The first kappa shape index (κ1) is 28.0. The lowest BCUT2D eigenvalue weighted by molar-refractivity contribution is -0.106. The van der Waals surface area contributed by atoms with Crippen molar-refractivity contribution in [3.8, 4) is 11.8 Å². The standard InChI is InChI=1S/C33H36N4O4/c1-35(2)31-21-27(36-19-17-28(39)18-20-36)13-14-29(31)37(24-38)30-15-16-32(40-22-25-9-5-3-6-10-25)34-33(30)41-23-26-11-7-4-8-12-26/h3-16,21,24,28,39H,17-20,22-23H2,1-2H3. The topological polar surface area (TPSA) is 78.4 Å². The first-order valence-electron chi connectivity index (χ1n) is 13.8. The Balaban J connectivity index is 1.47. The van der Waals surface area contributed by atoms with Crippen molar-refractivity contribution in [2.75, 3.05) is 41.9 Å². The summed E-state index contributed by atoms with van der Waals surface area (Å²) in [5, 5.41) is 9.94. The van der Waals surface area contributed by atoms with Gasteiger partial charge in [-0.3, -0.25) is 9.69 Å². The van der Waals surface area contributed by atoms with Crippen molar-refractivity contribution in [1.29, 1.82) is 0 Å². The van der Waals surface area contributed by atoms with Crippen molar-refractivity contribution >= 4 is 29.2 Å². The van der Waals surface area contributed by atoms with E-state index in [1.807, 2.05) is 91.8 Å². The Morgan fingerprint density at radius 2 is 1.44 bits per heavy atom. The lowest BCUT2D eigenvalue weighted by Gasteiger charge is -2.33. The number of aliphatic hydroxyl groups is 1. The Morgan fingerprint density at radius 1 is 0.829 bits per heavy atom. The molecule has 4 aromatic rings. The number of ether oxygens (including phenoxy) is 2. The first-order chi connectivity index (χ1) is 20.0. The van der Waals surface area contributed by atoms with Gasteiger partial charge < -0.3 is 24.4 Å². The van der Waals surface area contributed by atoms with Crippen molar-refractivity contribution in [3.05, 3.63) is 102 Å². The van der Waals surface area contributed by atoms with Crippen LogP contribution in [0.1, 0.15) is 24.0 Å². The number of benzene rings is 3. The maximum atomic E-state index is 12.7. The number of amides is 1. The Bertz CT molecular complexity index is 1420. The number of hydrogen-bond acceptors (Lipinski definition) is 7. The second-order valence-corrected chi connectivity index (χ2v) is 10.3. The summed E-state index contributed by atoms with van der Waals surface area (Å²) in [7, 11) is 3.91. The molecule has 212 valence electrons. The van der Waals surface area contributed by atoms with Crippen molar-refractivity contribution in [2.24, 2.45) is 0 Å². The van der Waals surface area contributed by atoms with Gasteiger partial charge in [0.05, 0.1) is 17.5 Å². The Labute approximate surface area is 241 Å². The van der Waals surface area contributed by atoms with Gasteiger partial charge in [0.15, 0.2) is 0 Å². The molecule has 0 spiro atoms. The molecule has 1 aliphatic heterocycles. The van der Waals surface area contributed by atoms with E-state index in [9.17, 15) is 9.90 Å². The Hall–Kier alpha value is -4.56. The number of carbonyl (C=O) groups is 1. The number of pyridine rings is 1. The van der Waals surface area contributed by atoms with Gasteiger partial charge in [0.2, 0.25) is 18.2 Å². The summed E-state index contributed by atoms with van der Waals surface area (Å²) in [4.78, 5) is 23.2. The number of anilines is 4. The number of aliphatic hydroxyl groups excluding tert-OH is 1. The zero-order valence-electron chi connectivity index (χ0n) is 23.5. The molecule has 0 atom stereocenters. The fourth-order valence-electron chi connectivity index (χ4n) is 4.88. The van der Waals surface area contributed by atoms with Crippen LogP contribution in [0.3, 0.4) is 0 Å². The van der Waals surface area contributed by atoms with Gasteiger partial charge in [-0.15, -0.1) is 0 Å². The van der Waals surface area contributed by atoms with E-state index in [-0.39, 0.29) is 12.7 Å². The minimum Gasteiger partial charge on any atom is -0.473 e. The molecule has 41 heavy (non-hydrogen) atoms. The van der Waals surface area contributed by atoms with E-state index in [0.29, 0.717) is 29.7 Å². The fourth-order valence-corrected chi connectivity index (χ4v) is 4.88. The molecule has 1 saturated heterocycles. The molecule has 5 rings (SSSR count). The van der Waals surface area contributed by atoms with Crippen molar-refractivity contribution in [2.45, 2.75) is 32.2 Å². The molecule has 3 aromatic carbocycles. The van der Waals surface area contributed by atoms with Crippen LogP contribution >= 0.6 is 0 Å². The molecule has 1 fully saturated rings. The lowest BCUT2D eigenvalue weighted by atomic mass is 10.1. The molecule has 1 N–H and O–H groups in total. The molecule has 0 unspecified atom stereocenters. The van der Waals surface area contributed by atoms with Crippen LogP contribution in [-0.2, 0) is 18.0 Å². The second kappa shape index (κ2) is 13.2. The van der Waals surface area contributed by atoms with Crippen LogP contribution in [0, 0.1) is 0 Å². The first-order valence-corrected chi connectivity index (χ1v) is 13.8. The monoisotopic (exact) mass is 552 g/mol. The van der Waals surface area contributed by atoms with Gasteiger partial charge in [-0.25, -0.2) is 0 Å². The van der Waals surface area contributed by atoms with E-state index in [1.54, 1.807) is 17.0 Å². The molecule has 0 radical (unpaired) electrons. The molecule has 1 aromatic heterocycles. The molecule has 8 nitrogen and oxygen atoms in total. The minimum atomic E-state index is -0.245. The van der Waals surface area contributed by atoms with E-state index in [4.69, 9.17) is 9.47 Å². The predicted molar refractivity (Wildman–Crippen MR) is 162 cm³/mol. The number of hydrogen-bond donors (Lipinski definition) is 1. The smallest absolute Gasteiger partial charge is 0.242 e. The average Bonchev–Trinajstić information content (AvgIpc) is 3.01. The summed E-state index contributed by atoms with van der Waals surface area (Å²) < 4.78 is 12.2. The van der Waals surface area contributed by atoms with Crippen LogP contribution in [-0.4, -0.2) is 49.8 Å². The fraction of sp³-hybridized carbons (Fsp3) is 0.273. The summed E-state index contributed by atoms with van der Waals surface area (Å²) in [6.45, 7) is 2.23. The third-order valence-corrected chi connectivity index (χ3v) is 7.16. The van der Waals surface area contributed by atoms with E-state index in [0.717, 1.165) is 54.8 Å². The third kappa shape index (κ3) is 6.96. The summed E-state index contributed by atoms with van der Waals surface area (Å²) >= 11 is 0. The highest BCUT2D eigenvalue weighted by Crippen LogP contribution is 2.40. The molecule has 1 aliphatic rings. The number of aromatic nitrogens is 1. The van der Waals surface area contributed by atoms with Crippen LogP contribution in [0.25, 0.3) is 0 Å². The van der Waals surface area contributed by atoms with E-state index < -0.39 is 0 Å². The maximum Gasteiger partial charge on any atom is 0.242 e. The number of rotatable bonds is 11. The molecule has 1 amide bonds. The molecule has 0 saturated carbocycles. The SMILES string of the molecule is CN(C)c1cc(N2CCC(O)CC2)ccc1N(C=O)c1ccc(OCc2ccccc2)nc1OCc1ccccc1. The highest BCUT2D eigenvalue weighted by Gasteiger charge is 2.23. The van der Waals surface area contributed by atoms with Crippen LogP contribution in [0.2, 0.25) is 0 Å². The molecular weight excluding hydrogens is 516 g/mol. The van der Waals surface area contributed by atoms with Gasteiger partial charge >= 0.3 is 0 Å². The lowest BCUT2D eigenvalue weighted by Crippen LogP contribution is -2.35. The Morgan fingerprint density at radius 3 is 2.05 bits per heavy atom. The van der Waals surface area contributed by atoms with Gasteiger partial charge in [-0.1, -0.05) is 60.7 Å². The van der Waals surface area contributed by atoms with Gasteiger partial charge in [-0.05, 0) is 48.2 Å². The largest absolute Gasteiger partial charge is 0.473 e. The predicted octanol–water partition coefficient (Wildman–Crippen LogP) is 5.56. The summed E-state index contributed by atoms with van der Waals surface area (Å²) in [5.74, 6) is 0.701. The third-order valence-electron chi connectivity index (χ3n) is 7.16. The highest BCUT2D eigenvalue weighted by molar-refractivity contribution is 5.94. The van der Waals surface area contributed by atoms with Crippen molar-refractivity contribution in [3.63, 3.8) is 0 Å².